The van der Waals surface area contributed by atoms with Crippen molar-refractivity contribution in [1.29, 1.82) is 0 Å². The first-order valence-corrected chi connectivity index (χ1v) is 24.5. The van der Waals surface area contributed by atoms with Crippen LogP contribution in [0.2, 0.25) is 5.02 Å². The molecule has 1 aliphatic rings. The van der Waals surface area contributed by atoms with Crippen molar-refractivity contribution < 1.29 is 64.8 Å². The fourth-order valence-electron chi connectivity index (χ4n) is 8.04. The Morgan fingerprint density at radius 3 is 2.27 bits per heavy atom. The van der Waals surface area contributed by atoms with Crippen LogP contribution in [0.3, 0.4) is 0 Å². The third kappa shape index (κ3) is 14.7. The molecule has 0 radical (unpaired) electrons. The number of thiazole rings is 1. The fraction of sp³-hybridized carbons (Fsp3) is 0.440. The Balaban J connectivity index is 0.908. The van der Waals surface area contributed by atoms with E-state index in [0.717, 1.165) is 32.4 Å². The number of halogens is 7. The number of aromatic nitrogens is 3. The second kappa shape index (κ2) is 24.2. The number of phenols is 1. The van der Waals surface area contributed by atoms with Crippen molar-refractivity contribution in [2.75, 3.05) is 46.1 Å². The van der Waals surface area contributed by atoms with E-state index in [1.54, 1.807) is 16.8 Å². The summed E-state index contributed by atoms with van der Waals surface area (Å²) in [6.07, 6.45) is -8.36. The Morgan fingerprint density at radius 2 is 1.62 bits per heavy atom. The molecule has 15 nitrogen and oxygen atoms in total. The number of phenolic OH excluding ortho intramolecular Hbond substituents is 1. The van der Waals surface area contributed by atoms with Crippen LogP contribution >= 0.6 is 22.9 Å². The first-order chi connectivity index (χ1) is 34.4. The molecule has 5 aromatic rings. The van der Waals surface area contributed by atoms with E-state index in [1.807, 2.05) is 52.0 Å². The lowest BCUT2D eigenvalue weighted by atomic mass is 9.85. The predicted octanol–water partition coefficient (Wildman–Crippen LogP) is 8.73. The van der Waals surface area contributed by atoms with Gasteiger partial charge in [0.25, 0.3) is 0 Å². The number of rotatable bonds is 21. The van der Waals surface area contributed by atoms with Gasteiger partial charge in [-0.2, -0.15) is 31.4 Å². The van der Waals surface area contributed by atoms with Crippen LogP contribution in [0.1, 0.15) is 69.0 Å². The molecule has 0 bridgehead atoms. The molecule has 3 aromatic carbocycles. The molecule has 2 unspecified atom stereocenters. The van der Waals surface area contributed by atoms with E-state index >= 15 is 0 Å². The number of hydrogen-bond acceptors (Lipinski definition) is 11. The highest BCUT2D eigenvalue weighted by Crippen LogP contribution is 2.47. The maximum Gasteiger partial charge on any atom is 0.435 e. The highest BCUT2D eigenvalue weighted by Gasteiger charge is 2.42. The van der Waals surface area contributed by atoms with Crippen LogP contribution < -0.4 is 20.7 Å². The van der Waals surface area contributed by atoms with Crippen LogP contribution in [0.15, 0.2) is 66.2 Å². The molecule has 0 spiro atoms. The highest BCUT2D eigenvalue weighted by molar-refractivity contribution is 7.13. The summed E-state index contributed by atoms with van der Waals surface area (Å²) in [4.78, 5) is 59.7. The number of carbonyl (C=O) groups excluding carboxylic acids is 4. The summed E-state index contributed by atoms with van der Waals surface area (Å²) in [6, 6.07) is 12.4. The number of likely N-dealkylation sites (tertiary alicyclic amines) is 1. The molecule has 4 N–H and O–H groups in total. The number of amides is 4. The number of nitrogens with zero attached hydrogens (tertiary/aromatic N) is 4. The van der Waals surface area contributed by atoms with E-state index in [0.29, 0.717) is 31.5 Å². The minimum absolute atomic E-state index is 0.00923. The van der Waals surface area contributed by atoms with Gasteiger partial charge in [-0.25, -0.2) is 4.98 Å². The van der Waals surface area contributed by atoms with Gasteiger partial charge >= 0.3 is 12.4 Å². The SMILES string of the molecule is Cc1ncsc1-c1ccc(CNC(=O)C2CCCN2C(=O)C(NC(=O)COCCNC(=O)CCOCCCOc2ccc(-c3cc(C(F)(F)F)nn3C)c(O)c2-c2ccc(Cl)c(C(F)(F)F)c2)C(C)(C)C)cc1. The number of carbonyl (C=O) groups is 4. The normalized spacial score (nSPS) is 14.5. The first-order valence-electron chi connectivity index (χ1n) is 23.2. The van der Waals surface area contributed by atoms with Gasteiger partial charge < -0.3 is 40.2 Å². The molecule has 0 aliphatic carbocycles. The zero-order valence-electron chi connectivity index (χ0n) is 40.6. The van der Waals surface area contributed by atoms with Gasteiger partial charge in [0.15, 0.2) is 5.69 Å². The lowest BCUT2D eigenvalue weighted by molar-refractivity contribution is -0.144. The Hall–Kier alpha value is -6.23. The summed E-state index contributed by atoms with van der Waals surface area (Å²) in [7, 11) is 1.22. The topological polar surface area (TPSA) is 186 Å². The fourth-order valence-corrected chi connectivity index (χ4v) is 9.08. The Labute approximate surface area is 426 Å². The highest BCUT2D eigenvalue weighted by atomic mass is 35.5. The summed E-state index contributed by atoms with van der Waals surface area (Å²) in [5.74, 6) is -2.31. The minimum Gasteiger partial charge on any atom is -0.506 e. The van der Waals surface area contributed by atoms with Gasteiger partial charge in [-0.1, -0.05) is 62.7 Å². The maximum atomic E-state index is 13.9. The molecule has 2 aromatic heterocycles. The van der Waals surface area contributed by atoms with Crippen molar-refractivity contribution in [2.45, 2.75) is 84.4 Å². The van der Waals surface area contributed by atoms with Gasteiger partial charge in [0.2, 0.25) is 23.6 Å². The monoisotopic (exact) mass is 1060 g/mol. The summed E-state index contributed by atoms with van der Waals surface area (Å²) >= 11 is 7.39. The maximum absolute atomic E-state index is 13.9. The minimum atomic E-state index is -4.87. The van der Waals surface area contributed by atoms with E-state index in [2.05, 4.69) is 26.0 Å². The van der Waals surface area contributed by atoms with Crippen molar-refractivity contribution in [2.24, 2.45) is 12.5 Å². The van der Waals surface area contributed by atoms with E-state index in [-0.39, 0.29) is 105 Å². The Kier molecular flexibility index (Phi) is 18.6. The average molecular weight is 1060 g/mol. The second-order valence-corrected chi connectivity index (χ2v) is 19.5. The first kappa shape index (κ1) is 56.1. The average Bonchev–Trinajstić information content (AvgIpc) is 4.09. The number of alkyl halides is 6. The predicted molar refractivity (Wildman–Crippen MR) is 260 cm³/mol. The van der Waals surface area contributed by atoms with Crippen molar-refractivity contribution in [1.82, 2.24) is 35.6 Å². The van der Waals surface area contributed by atoms with Crippen LogP contribution in [0.25, 0.3) is 32.8 Å². The number of ether oxygens (including phenoxy) is 3. The number of benzene rings is 3. The molecule has 0 saturated carbocycles. The second-order valence-electron chi connectivity index (χ2n) is 18.3. The zero-order chi connectivity index (χ0) is 53.3. The van der Waals surface area contributed by atoms with Crippen molar-refractivity contribution in [3.63, 3.8) is 0 Å². The molecule has 1 fully saturated rings. The molecule has 394 valence electrons. The number of aromatic hydroxyl groups is 1. The lowest BCUT2D eigenvalue weighted by Gasteiger charge is -2.35. The molecule has 23 heteroatoms. The zero-order valence-corrected chi connectivity index (χ0v) is 42.2. The van der Waals surface area contributed by atoms with Crippen LogP contribution in [-0.4, -0.2) is 107 Å². The van der Waals surface area contributed by atoms with Gasteiger partial charge in [0, 0.05) is 51.7 Å². The molecule has 3 heterocycles. The molecule has 1 saturated heterocycles. The van der Waals surface area contributed by atoms with Crippen molar-refractivity contribution in [3.8, 4) is 44.3 Å². The third-order valence-corrected chi connectivity index (χ3v) is 13.1. The van der Waals surface area contributed by atoms with Gasteiger partial charge in [-0.3, -0.25) is 23.9 Å². The van der Waals surface area contributed by atoms with Crippen molar-refractivity contribution in [3.05, 3.63) is 93.7 Å². The van der Waals surface area contributed by atoms with Gasteiger partial charge in [0.05, 0.1) is 57.7 Å². The quantitative estimate of drug-likeness (QED) is 0.0409. The number of hydrogen-bond donors (Lipinski definition) is 4. The van der Waals surface area contributed by atoms with E-state index < -0.39 is 57.8 Å². The molecule has 4 amide bonds. The number of aryl methyl sites for hydroxylation is 2. The molecular weight excluding hydrogens is 1010 g/mol. The van der Waals surface area contributed by atoms with Gasteiger partial charge in [0.1, 0.15) is 30.2 Å². The van der Waals surface area contributed by atoms with Crippen LogP contribution in [-0.2, 0) is 54.6 Å². The van der Waals surface area contributed by atoms with E-state index in [4.69, 9.17) is 25.8 Å². The number of nitrogens with one attached hydrogen (secondary N) is 3. The lowest BCUT2D eigenvalue weighted by Crippen LogP contribution is -2.58. The van der Waals surface area contributed by atoms with Crippen LogP contribution in [0.5, 0.6) is 11.5 Å². The van der Waals surface area contributed by atoms with Gasteiger partial charge in [-0.05, 0) is 72.2 Å². The summed E-state index contributed by atoms with van der Waals surface area (Å²) in [5, 5.41) is 22.6. The van der Waals surface area contributed by atoms with Crippen LogP contribution in [0, 0.1) is 12.3 Å². The molecule has 73 heavy (non-hydrogen) atoms. The van der Waals surface area contributed by atoms with Gasteiger partial charge in [-0.15, -0.1) is 11.3 Å². The van der Waals surface area contributed by atoms with Crippen LogP contribution in [0.4, 0.5) is 26.3 Å². The van der Waals surface area contributed by atoms with E-state index in [1.165, 1.54) is 30.1 Å². The molecule has 6 rings (SSSR count). The summed E-state index contributed by atoms with van der Waals surface area (Å²) < 4.78 is 99.5. The molecule has 2 atom stereocenters. The Bertz CT molecular complexity index is 2740. The standard InChI is InChI=1S/C50H56ClF6N7O8S/c1-29-44(73-28-60-29)31-11-9-30(10-12-31)26-59-46(68)36-8-6-19-64(36)47(69)45(48(2,3)4)61-41(66)27-71-23-18-58-40(65)17-22-70-20-7-21-72-38-16-14-33(37-25-39(50(55,56)57)62-63(37)5)43(67)42(38)32-13-15-35(51)34(24-32)49(52,53)54/h9-16,24-25,28,36,45,67H,6-8,17-23,26-27H2,1-5H3,(H,58,65)(H,59,68)(H,61,66). The smallest absolute Gasteiger partial charge is 0.435 e. The van der Waals surface area contributed by atoms with E-state index in [9.17, 15) is 50.6 Å². The largest absolute Gasteiger partial charge is 0.506 e. The molecule has 1 aliphatic heterocycles. The summed E-state index contributed by atoms with van der Waals surface area (Å²) in [5.41, 5.74) is 0.826. The third-order valence-electron chi connectivity index (χ3n) is 11.8. The van der Waals surface area contributed by atoms with Crippen molar-refractivity contribution >= 4 is 46.6 Å². The summed E-state index contributed by atoms with van der Waals surface area (Å²) in [6.45, 7) is 7.73. The molecular formula is C50H56ClF6N7O8S. The Morgan fingerprint density at radius 1 is 0.890 bits per heavy atom.